The number of carbonyl (C=O) groups excluding carboxylic acids is 2. The van der Waals surface area contributed by atoms with Crippen LogP contribution in [0.25, 0.3) is 0 Å². The van der Waals surface area contributed by atoms with Crippen molar-refractivity contribution in [3.05, 3.63) is 89.0 Å². The standard InChI is InChI=1S/C29H32N4O5S/c1-37-25-8-5-21(6-9-25)19-30-32-29(36)26-18-24(33-11-14-38-15-12-33)7-10-27(26)31-28(35)23-4-2-3-22(17-23)20-39-16-13-34/h2-10,17-19,34H,11-16,20H2,1H3,(H,31,35)(H,32,36)/b30-19+. The number of hydrazone groups is 1. The second-order valence-electron chi connectivity index (χ2n) is 8.73. The minimum atomic E-state index is -0.445. The lowest BCUT2D eigenvalue weighted by Gasteiger charge is -2.29. The zero-order valence-electron chi connectivity index (χ0n) is 21.8. The minimum absolute atomic E-state index is 0.111. The van der Waals surface area contributed by atoms with E-state index in [0.29, 0.717) is 54.6 Å². The molecule has 10 heteroatoms. The molecule has 204 valence electrons. The Morgan fingerprint density at radius 2 is 1.87 bits per heavy atom. The van der Waals surface area contributed by atoms with Gasteiger partial charge in [-0.25, -0.2) is 5.43 Å². The summed E-state index contributed by atoms with van der Waals surface area (Å²) in [6.07, 6.45) is 1.54. The predicted octanol–water partition coefficient (Wildman–Crippen LogP) is 3.77. The summed E-state index contributed by atoms with van der Waals surface area (Å²) in [6.45, 7) is 2.76. The van der Waals surface area contributed by atoms with Crippen molar-refractivity contribution in [2.45, 2.75) is 5.75 Å². The van der Waals surface area contributed by atoms with Gasteiger partial charge in [0, 0.05) is 35.8 Å². The van der Waals surface area contributed by atoms with E-state index in [1.165, 1.54) is 0 Å². The number of amides is 2. The smallest absolute Gasteiger partial charge is 0.273 e. The number of morpholine rings is 1. The average Bonchev–Trinajstić information content (AvgIpc) is 2.98. The first-order valence-electron chi connectivity index (χ1n) is 12.6. The molecule has 0 unspecified atom stereocenters. The van der Waals surface area contributed by atoms with Crippen LogP contribution in [0.4, 0.5) is 11.4 Å². The van der Waals surface area contributed by atoms with Crippen molar-refractivity contribution in [1.29, 1.82) is 0 Å². The molecule has 3 aromatic rings. The summed E-state index contributed by atoms with van der Waals surface area (Å²) in [5.41, 5.74) is 6.39. The van der Waals surface area contributed by atoms with E-state index in [0.717, 1.165) is 22.6 Å². The fourth-order valence-corrected chi connectivity index (χ4v) is 4.70. The van der Waals surface area contributed by atoms with Crippen LogP contribution in [0.15, 0.2) is 71.8 Å². The Balaban J connectivity index is 1.53. The monoisotopic (exact) mass is 548 g/mol. The van der Waals surface area contributed by atoms with E-state index in [2.05, 4.69) is 20.7 Å². The average molecular weight is 549 g/mol. The Labute approximate surface area is 232 Å². The van der Waals surface area contributed by atoms with Crippen molar-refractivity contribution in [1.82, 2.24) is 5.43 Å². The van der Waals surface area contributed by atoms with Gasteiger partial charge in [-0.3, -0.25) is 9.59 Å². The summed E-state index contributed by atoms with van der Waals surface area (Å²) in [5.74, 6) is 1.28. The van der Waals surface area contributed by atoms with Gasteiger partial charge < -0.3 is 24.8 Å². The predicted molar refractivity (Wildman–Crippen MR) is 155 cm³/mol. The summed E-state index contributed by atoms with van der Waals surface area (Å²) in [7, 11) is 1.60. The number of aliphatic hydroxyl groups excluding tert-OH is 1. The number of rotatable bonds is 11. The number of hydrogen-bond acceptors (Lipinski definition) is 8. The lowest BCUT2D eigenvalue weighted by molar-refractivity contribution is 0.0956. The lowest BCUT2D eigenvalue weighted by atomic mass is 10.1. The van der Waals surface area contributed by atoms with Gasteiger partial charge in [-0.1, -0.05) is 12.1 Å². The molecular formula is C29H32N4O5S. The van der Waals surface area contributed by atoms with E-state index in [1.54, 1.807) is 43.3 Å². The molecule has 1 aliphatic rings. The van der Waals surface area contributed by atoms with E-state index < -0.39 is 5.91 Å². The Bertz CT molecular complexity index is 1290. The zero-order chi connectivity index (χ0) is 27.5. The third kappa shape index (κ3) is 8.06. The quantitative estimate of drug-likeness (QED) is 0.190. The molecular weight excluding hydrogens is 516 g/mol. The zero-order valence-corrected chi connectivity index (χ0v) is 22.6. The molecule has 3 N–H and O–H groups in total. The highest BCUT2D eigenvalue weighted by Gasteiger charge is 2.19. The highest BCUT2D eigenvalue weighted by Crippen LogP contribution is 2.25. The van der Waals surface area contributed by atoms with E-state index in [9.17, 15) is 9.59 Å². The van der Waals surface area contributed by atoms with E-state index >= 15 is 0 Å². The SMILES string of the molecule is COc1ccc(/C=N/NC(=O)c2cc(N3CCOCC3)ccc2NC(=O)c2cccc(CSCCO)c2)cc1. The number of nitrogens with one attached hydrogen (secondary N) is 2. The molecule has 1 fully saturated rings. The Morgan fingerprint density at radius 3 is 2.62 bits per heavy atom. The van der Waals surface area contributed by atoms with Gasteiger partial charge in [-0.15, -0.1) is 0 Å². The Hall–Kier alpha value is -3.86. The molecule has 1 heterocycles. The maximum absolute atomic E-state index is 13.2. The first kappa shape index (κ1) is 28.2. The molecule has 0 saturated carbocycles. The molecule has 0 radical (unpaired) electrons. The van der Waals surface area contributed by atoms with Crippen molar-refractivity contribution in [2.24, 2.45) is 5.10 Å². The van der Waals surface area contributed by atoms with Crippen LogP contribution in [0.5, 0.6) is 5.75 Å². The van der Waals surface area contributed by atoms with Crippen molar-refractivity contribution in [3.63, 3.8) is 0 Å². The highest BCUT2D eigenvalue weighted by molar-refractivity contribution is 7.98. The summed E-state index contributed by atoms with van der Waals surface area (Å²) in [6, 6.07) is 20.0. The number of hydrogen-bond donors (Lipinski definition) is 3. The van der Waals surface area contributed by atoms with Gasteiger partial charge in [0.15, 0.2) is 0 Å². The maximum atomic E-state index is 13.2. The number of thioether (sulfide) groups is 1. The first-order chi connectivity index (χ1) is 19.1. The largest absolute Gasteiger partial charge is 0.497 e. The highest BCUT2D eigenvalue weighted by atomic mass is 32.2. The number of methoxy groups -OCH3 is 1. The van der Waals surface area contributed by atoms with Gasteiger partial charge in [0.2, 0.25) is 0 Å². The number of nitrogens with zero attached hydrogens (tertiary/aromatic N) is 2. The maximum Gasteiger partial charge on any atom is 0.273 e. The fraction of sp³-hybridized carbons (Fsp3) is 0.276. The van der Waals surface area contributed by atoms with Crippen LogP contribution in [-0.4, -0.2) is 68.9 Å². The third-order valence-electron chi connectivity index (χ3n) is 6.06. The molecule has 4 rings (SSSR count). The van der Waals surface area contributed by atoms with Gasteiger partial charge in [-0.2, -0.15) is 16.9 Å². The molecule has 0 atom stereocenters. The number of aliphatic hydroxyl groups is 1. The summed E-state index contributed by atoms with van der Waals surface area (Å²) >= 11 is 1.59. The Morgan fingerprint density at radius 1 is 1.08 bits per heavy atom. The molecule has 0 aliphatic carbocycles. The second-order valence-corrected chi connectivity index (χ2v) is 9.84. The Kier molecular flexibility index (Phi) is 10.4. The molecule has 0 aromatic heterocycles. The number of anilines is 2. The molecule has 1 aliphatic heterocycles. The van der Waals surface area contributed by atoms with Crippen LogP contribution < -0.4 is 20.4 Å². The minimum Gasteiger partial charge on any atom is -0.497 e. The van der Waals surface area contributed by atoms with Crippen LogP contribution in [0.1, 0.15) is 31.8 Å². The molecule has 2 amide bonds. The van der Waals surface area contributed by atoms with E-state index in [1.807, 2.05) is 48.5 Å². The molecule has 0 spiro atoms. The number of ether oxygens (including phenoxy) is 2. The summed E-state index contributed by atoms with van der Waals surface area (Å²) in [5, 5.41) is 16.0. The van der Waals surface area contributed by atoms with Gasteiger partial charge in [0.05, 0.1) is 44.4 Å². The molecule has 9 nitrogen and oxygen atoms in total. The van der Waals surface area contributed by atoms with Crippen LogP contribution in [-0.2, 0) is 10.5 Å². The molecule has 1 saturated heterocycles. The first-order valence-corrected chi connectivity index (χ1v) is 13.8. The van der Waals surface area contributed by atoms with Gasteiger partial charge in [0.25, 0.3) is 11.8 Å². The third-order valence-corrected chi connectivity index (χ3v) is 7.07. The van der Waals surface area contributed by atoms with Crippen molar-refractivity contribution in [3.8, 4) is 5.75 Å². The topological polar surface area (TPSA) is 112 Å². The van der Waals surface area contributed by atoms with Crippen molar-refractivity contribution < 1.29 is 24.2 Å². The number of carbonyl (C=O) groups is 2. The second kappa shape index (κ2) is 14.3. The van der Waals surface area contributed by atoms with Gasteiger partial charge in [-0.05, 0) is 65.7 Å². The molecule has 39 heavy (non-hydrogen) atoms. The van der Waals surface area contributed by atoms with Gasteiger partial charge in [0.1, 0.15) is 5.75 Å². The summed E-state index contributed by atoms with van der Waals surface area (Å²) < 4.78 is 10.6. The van der Waals surface area contributed by atoms with E-state index in [4.69, 9.17) is 14.6 Å². The van der Waals surface area contributed by atoms with Gasteiger partial charge >= 0.3 is 0 Å². The van der Waals surface area contributed by atoms with Crippen molar-refractivity contribution in [2.75, 3.05) is 56.0 Å². The molecule has 0 bridgehead atoms. The van der Waals surface area contributed by atoms with E-state index in [-0.39, 0.29) is 12.5 Å². The number of benzene rings is 3. The normalized spacial score (nSPS) is 13.3. The van der Waals surface area contributed by atoms with Crippen molar-refractivity contribution >= 4 is 41.2 Å². The van der Waals surface area contributed by atoms with Crippen LogP contribution in [0, 0.1) is 0 Å². The fourth-order valence-electron chi connectivity index (χ4n) is 4.01. The molecule has 3 aromatic carbocycles. The van der Waals surface area contributed by atoms with Crippen LogP contribution in [0.3, 0.4) is 0 Å². The summed E-state index contributed by atoms with van der Waals surface area (Å²) in [4.78, 5) is 28.5. The van der Waals surface area contributed by atoms with Crippen LogP contribution >= 0.6 is 11.8 Å². The lowest BCUT2D eigenvalue weighted by Crippen LogP contribution is -2.36. The van der Waals surface area contributed by atoms with Crippen LogP contribution in [0.2, 0.25) is 0 Å².